The first kappa shape index (κ1) is 25.0. The Bertz CT molecular complexity index is 1310. The first-order valence-corrected chi connectivity index (χ1v) is 12.4. The van der Waals surface area contributed by atoms with Crippen molar-refractivity contribution in [3.63, 3.8) is 0 Å². The summed E-state index contributed by atoms with van der Waals surface area (Å²) in [6.45, 7) is -0.578. The van der Waals surface area contributed by atoms with Crippen LogP contribution in [0.1, 0.15) is 5.56 Å². The summed E-state index contributed by atoms with van der Waals surface area (Å²) in [5.74, 6) is 0.208. The maximum atomic E-state index is 12.7. The van der Waals surface area contributed by atoms with Crippen molar-refractivity contribution in [2.75, 3.05) is 44.0 Å². The third kappa shape index (κ3) is 5.28. The van der Waals surface area contributed by atoms with E-state index in [1.54, 1.807) is 12.1 Å². The van der Waals surface area contributed by atoms with Crippen LogP contribution < -0.4 is 28.0 Å². The van der Waals surface area contributed by atoms with Crippen LogP contribution in [0.25, 0.3) is 6.08 Å². The average molecular weight is 515 g/mol. The van der Waals surface area contributed by atoms with Gasteiger partial charge in [-0.3, -0.25) is 4.72 Å². The predicted molar refractivity (Wildman–Crippen MR) is 123 cm³/mol. The van der Waals surface area contributed by atoms with Crippen LogP contribution in [-0.4, -0.2) is 57.8 Å². The highest BCUT2D eigenvalue weighted by atomic mass is 32.2. The molecule has 0 aromatic heterocycles. The first-order valence-electron chi connectivity index (χ1n) is 9.47. The minimum absolute atomic E-state index is 0.0173. The van der Waals surface area contributed by atoms with Gasteiger partial charge in [-0.1, -0.05) is 0 Å². The second-order valence-corrected chi connectivity index (χ2v) is 9.73. The SMILES string of the molecule is COc1cc(OC)c(/C=C/S(=O)(=O)Nc2ccc(OC)c(N3CC(=O)OS3(=O)=O)c2)c(OC)c1. The number of benzene rings is 2. The Morgan fingerprint density at radius 3 is 2.09 bits per heavy atom. The number of nitrogens with one attached hydrogen (secondary N) is 1. The van der Waals surface area contributed by atoms with E-state index in [-0.39, 0.29) is 17.1 Å². The zero-order valence-corrected chi connectivity index (χ0v) is 20.2. The lowest BCUT2D eigenvalue weighted by molar-refractivity contribution is -0.130. The van der Waals surface area contributed by atoms with Crippen molar-refractivity contribution in [1.29, 1.82) is 0 Å². The molecule has 0 amide bonds. The average Bonchev–Trinajstić information content (AvgIpc) is 3.08. The second kappa shape index (κ2) is 9.69. The lowest BCUT2D eigenvalue weighted by Gasteiger charge is -2.18. The van der Waals surface area contributed by atoms with E-state index in [1.165, 1.54) is 52.7 Å². The Morgan fingerprint density at radius 2 is 1.59 bits per heavy atom. The maximum absolute atomic E-state index is 12.7. The van der Waals surface area contributed by atoms with E-state index in [0.717, 1.165) is 5.41 Å². The Labute approximate surface area is 196 Å². The highest BCUT2D eigenvalue weighted by Gasteiger charge is 2.38. The number of carbonyl (C=O) groups excluding carboxylic acids is 1. The number of carbonyl (C=O) groups is 1. The zero-order valence-electron chi connectivity index (χ0n) is 18.6. The molecule has 12 nitrogen and oxygen atoms in total. The number of rotatable bonds is 9. The summed E-state index contributed by atoms with van der Waals surface area (Å²) in [5, 5.41) is 0.892. The topological polar surface area (TPSA) is 147 Å². The third-order valence-electron chi connectivity index (χ3n) is 4.62. The molecule has 0 aliphatic carbocycles. The summed E-state index contributed by atoms with van der Waals surface area (Å²) in [6, 6.07) is 7.06. The van der Waals surface area contributed by atoms with Gasteiger partial charge in [-0.25, -0.2) is 17.5 Å². The monoisotopic (exact) mass is 514 g/mol. The Hall–Kier alpha value is -3.65. The summed E-state index contributed by atoms with van der Waals surface area (Å²) < 4.78 is 77.9. The van der Waals surface area contributed by atoms with Crippen LogP contribution in [-0.2, 0) is 29.3 Å². The summed E-state index contributed by atoms with van der Waals surface area (Å²) in [7, 11) is -2.86. The molecule has 0 atom stereocenters. The van der Waals surface area contributed by atoms with E-state index in [2.05, 4.69) is 8.91 Å². The number of sulfonamides is 1. The molecule has 1 aliphatic rings. The lowest BCUT2D eigenvalue weighted by Crippen LogP contribution is -2.25. The van der Waals surface area contributed by atoms with Crippen molar-refractivity contribution < 1.29 is 44.8 Å². The molecule has 14 heteroatoms. The van der Waals surface area contributed by atoms with Crippen LogP contribution in [0.15, 0.2) is 35.7 Å². The molecule has 1 N–H and O–H groups in total. The van der Waals surface area contributed by atoms with Gasteiger partial charge in [0.15, 0.2) is 0 Å². The highest BCUT2D eigenvalue weighted by Crippen LogP contribution is 2.37. The molecule has 0 radical (unpaired) electrons. The Balaban J connectivity index is 1.93. The minimum atomic E-state index is -4.38. The molecule has 0 saturated carbocycles. The van der Waals surface area contributed by atoms with E-state index >= 15 is 0 Å². The Morgan fingerprint density at radius 1 is 0.971 bits per heavy atom. The number of nitrogens with zero attached hydrogens (tertiary/aromatic N) is 1. The molecule has 0 bridgehead atoms. The van der Waals surface area contributed by atoms with Gasteiger partial charge in [-0.05, 0) is 24.3 Å². The second-order valence-electron chi connectivity index (χ2n) is 6.70. The van der Waals surface area contributed by atoms with Crippen LogP contribution in [0.4, 0.5) is 11.4 Å². The number of ether oxygens (including phenoxy) is 4. The third-order valence-corrected chi connectivity index (χ3v) is 6.89. The molecule has 2 aromatic rings. The summed E-state index contributed by atoms with van der Waals surface area (Å²) in [6.07, 6.45) is 1.28. The van der Waals surface area contributed by atoms with Gasteiger partial charge in [0.25, 0.3) is 10.0 Å². The van der Waals surface area contributed by atoms with E-state index in [9.17, 15) is 21.6 Å². The van der Waals surface area contributed by atoms with E-state index in [1.807, 2.05) is 0 Å². The van der Waals surface area contributed by atoms with Crippen molar-refractivity contribution in [2.45, 2.75) is 0 Å². The lowest BCUT2D eigenvalue weighted by atomic mass is 10.1. The fourth-order valence-electron chi connectivity index (χ4n) is 3.09. The van der Waals surface area contributed by atoms with Crippen LogP contribution in [0.2, 0.25) is 0 Å². The van der Waals surface area contributed by atoms with Gasteiger partial charge in [0.05, 0.1) is 50.8 Å². The standard InChI is InChI=1S/C20H22N2O10S2/c1-28-14-10-18(30-3)15(19(11-14)31-4)7-8-33(24,25)21-13-5-6-17(29-2)16(9-13)22-12-20(23)32-34(22,26)27/h5-11,21H,12H2,1-4H3/b8-7+. The van der Waals surface area contributed by atoms with E-state index in [4.69, 9.17) is 18.9 Å². The van der Waals surface area contributed by atoms with E-state index in [0.29, 0.717) is 27.1 Å². The van der Waals surface area contributed by atoms with E-state index < -0.39 is 32.8 Å². The van der Waals surface area contributed by atoms with Gasteiger partial charge in [0.2, 0.25) is 0 Å². The smallest absolute Gasteiger partial charge is 0.413 e. The summed E-state index contributed by atoms with van der Waals surface area (Å²) in [4.78, 5) is 11.5. The molecule has 34 heavy (non-hydrogen) atoms. The zero-order chi connectivity index (χ0) is 25.1. The van der Waals surface area contributed by atoms with Crippen molar-refractivity contribution in [3.8, 4) is 23.0 Å². The molecule has 2 aromatic carbocycles. The van der Waals surface area contributed by atoms with Gasteiger partial charge >= 0.3 is 16.3 Å². The maximum Gasteiger partial charge on any atom is 0.413 e. The van der Waals surface area contributed by atoms with Crippen molar-refractivity contribution in [1.82, 2.24) is 0 Å². The molecular formula is C20H22N2O10S2. The molecule has 3 rings (SSSR count). The molecule has 184 valence electrons. The predicted octanol–water partition coefficient (Wildman–Crippen LogP) is 1.74. The normalized spacial score (nSPS) is 15.2. The number of anilines is 2. The molecule has 0 spiro atoms. The fraction of sp³-hybridized carbons (Fsp3) is 0.250. The van der Waals surface area contributed by atoms with Crippen molar-refractivity contribution in [3.05, 3.63) is 41.3 Å². The first-order chi connectivity index (χ1) is 16.0. The number of hydrogen-bond acceptors (Lipinski definition) is 10. The summed E-state index contributed by atoms with van der Waals surface area (Å²) in [5.41, 5.74) is 0.296. The van der Waals surface area contributed by atoms with Crippen molar-refractivity contribution >= 4 is 43.7 Å². The van der Waals surface area contributed by atoms with Crippen LogP contribution in [0.3, 0.4) is 0 Å². The van der Waals surface area contributed by atoms with Gasteiger partial charge in [-0.2, -0.15) is 8.42 Å². The largest absolute Gasteiger partial charge is 0.496 e. The molecule has 1 aliphatic heterocycles. The van der Waals surface area contributed by atoms with Gasteiger partial charge < -0.3 is 23.1 Å². The fourth-order valence-corrected chi connectivity index (χ4v) is 4.96. The molecule has 1 heterocycles. The molecule has 1 fully saturated rings. The molecule has 0 unspecified atom stereocenters. The molecular weight excluding hydrogens is 492 g/mol. The van der Waals surface area contributed by atoms with Crippen LogP contribution in [0.5, 0.6) is 23.0 Å². The van der Waals surface area contributed by atoms with Gasteiger partial charge in [0.1, 0.15) is 29.5 Å². The number of hydrogen-bond donors (Lipinski definition) is 1. The quantitative estimate of drug-likeness (QED) is 0.525. The van der Waals surface area contributed by atoms with Gasteiger partial charge in [-0.15, -0.1) is 0 Å². The van der Waals surface area contributed by atoms with Gasteiger partial charge in [0, 0.05) is 12.1 Å². The van der Waals surface area contributed by atoms with Crippen molar-refractivity contribution in [2.24, 2.45) is 0 Å². The highest BCUT2D eigenvalue weighted by molar-refractivity contribution is 7.95. The minimum Gasteiger partial charge on any atom is -0.496 e. The van der Waals surface area contributed by atoms with Crippen LogP contribution in [0, 0.1) is 0 Å². The number of methoxy groups -OCH3 is 4. The van der Waals surface area contributed by atoms with Crippen LogP contribution >= 0.6 is 0 Å². The summed E-state index contributed by atoms with van der Waals surface area (Å²) >= 11 is 0. The molecule has 1 saturated heterocycles. The Kier molecular flexibility index (Phi) is 7.12.